The zero-order chi connectivity index (χ0) is 33.0. The van der Waals surface area contributed by atoms with Gasteiger partial charge in [0.05, 0.1) is 23.8 Å². The van der Waals surface area contributed by atoms with Crippen molar-refractivity contribution < 1.29 is 14.3 Å². The van der Waals surface area contributed by atoms with Gasteiger partial charge in [-0.05, 0) is 73.2 Å². The fourth-order valence-electron chi connectivity index (χ4n) is 6.55. The molecular formula is C36H47N7O3Si. The number of para-hydroxylation sites is 1. The molecule has 1 saturated heterocycles. The van der Waals surface area contributed by atoms with Gasteiger partial charge in [-0.2, -0.15) is 5.10 Å². The molecule has 2 aliphatic rings. The lowest BCUT2D eigenvalue weighted by atomic mass is 9.99. The van der Waals surface area contributed by atoms with E-state index in [1.165, 1.54) is 0 Å². The van der Waals surface area contributed by atoms with Gasteiger partial charge in [0.25, 0.3) is 0 Å². The van der Waals surface area contributed by atoms with E-state index in [2.05, 4.69) is 65.3 Å². The average Bonchev–Trinajstić information content (AvgIpc) is 3.46. The maximum atomic E-state index is 13.4. The first-order chi connectivity index (χ1) is 22.6. The Kier molecular flexibility index (Phi) is 10.0. The summed E-state index contributed by atoms with van der Waals surface area (Å²) in [5, 5.41) is 12.2. The molecule has 1 fully saturated rings. The molecule has 2 aliphatic heterocycles. The van der Waals surface area contributed by atoms with Crippen LogP contribution >= 0.6 is 0 Å². The smallest absolute Gasteiger partial charge is 0.322 e. The molecule has 2 aromatic heterocycles. The van der Waals surface area contributed by atoms with Gasteiger partial charge in [0, 0.05) is 63.8 Å². The van der Waals surface area contributed by atoms with Crippen molar-refractivity contribution in [1.82, 2.24) is 29.9 Å². The minimum absolute atomic E-state index is 0.0233. The first kappa shape index (κ1) is 32.9. The molecule has 4 heterocycles. The lowest BCUT2D eigenvalue weighted by molar-refractivity contribution is -0.123. The number of hydrogen-bond donors (Lipinski definition) is 2. The van der Waals surface area contributed by atoms with Gasteiger partial charge < -0.3 is 20.3 Å². The number of hydrogen-bond acceptors (Lipinski definition) is 6. The van der Waals surface area contributed by atoms with Crippen LogP contribution in [-0.2, 0) is 29.2 Å². The van der Waals surface area contributed by atoms with Crippen molar-refractivity contribution in [2.45, 2.75) is 77.2 Å². The summed E-state index contributed by atoms with van der Waals surface area (Å²) in [6.45, 7) is 12.8. The van der Waals surface area contributed by atoms with Crippen LogP contribution in [-0.4, -0.2) is 76.9 Å². The van der Waals surface area contributed by atoms with Crippen LogP contribution < -0.4 is 10.6 Å². The second kappa shape index (κ2) is 14.4. The Morgan fingerprint density at radius 2 is 1.89 bits per heavy atom. The SMILES string of the molecule is Cc1cc(CC(NC(=O)CN2CCC(N3Cc4ccccc4NC3=O)CC2)c2ccccn2)cc2cn(COCC[Si](C)(C)C)nc12. The molecule has 0 aliphatic carbocycles. The zero-order valence-electron chi connectivity index (χ0n) is 28.0. The number of rotatable bonds is 12. The highest BCUT2D eigenvalue weighted by atomic mass is 28.3. The second-order valence-electron chi connectivity index (χ2n) is 14.2. The van der Waals surface area contributed by atoms with Crippen molar-refractivity contribution >= 4 is 36.6 Å². The number of urea groups is 1. The number of carbonyl (C=O) groups excluding carboxylic acids is 2. The summed E-state index contributed by atoms with van der Waals surface area (Å²) in [7, 11) is -1.14. The predicted molar refractivity (Wildman–Crippen MR) is 188 cm³/mol. The number of pyridine rings is 1. The standard InChI is InChI=1S/C36H47N7O3Si/c1-26-19-27(20-29-22-42(40-35(26)29)25-46-17-18-47(2,3)4)21-33(32-11-7-8-14-37-32)38-34(44)24-41-15-12-30(13-16-41)43-23-28-9-5-6-10-31(28)39-36(43)45/h5-11,14,19-20,22,30,33H,12-13,15-18,21,23-25H2,1-4H3,(H,38,44)(H,39,45). The van der Waals surface area contributed by atoms with Gasteiger partial charge in [-0.25, -0.2) is 9.48 Å². The third-order valence-corrected chi connectivity index (χ3v) is 10.9. The van der Waals surface area contributed by atoms with Crippen molar-refractivity contribution in [3.8, 4) is 0 Å². The molecule has 0 radical (unpaired) electrons. The summed E-state index contributed by atoms with van der Waals surface area (Å²) in [5.41, 5.74) is 6.05. The van der Waals surface area contributed by atoms with Gasteiger partial charge in [0.15, 0.2) is 0 Å². The number of nitrogens with zero attached hydrogens (tertiary/aromatic N) is 5. The monoisotopic (exact) mass is 653 g/mol. The highest BCUT2D eigenvalue weighted by molar-refractivity contribution is 6.76. The van der Waals surface area contributed by atoms with Crippen LogP contribution in [0.1, 0.15) is 41.3 Å². The number of fused-ring (bicyclic) bond motifs is 2. The zero-order valence-corrected chi connectivity index (χ0v) is 29.0. The quantitative estimate of drug-likeness (QED) is 0.144. The minimum atomic E-state index is -1.14. The van der Waals surface area contributed by atoms with Gasteiger partial charge in [-0.1, -0.05) is 50.0 Å². The van der Waals surface area contributed by atoms with E-state index >= 15 is 0 Å². The van der Waals surface area contributed by atoms with Crippen molar-refractivity contribution in [2.75, 3.05) is 31.6 Å². The Hall–Kier alpha value is -4.06. The van der Waals surface area contributed by atoms with E-state index < -0.39 is 8.07 Å². The van der Waals surface area contributed by atoms with Crippen LogP contribution in [0, 0.1) is 6.92 Å². The van der Waals surface area contributed by atoms with Crippen LogP contribution in [0.15, 0.2) is 67.0 Å². The Balaban J connectivity index is 1.06. The molecule has 0 bridgehead atoms. The molecule has 1 unspecified atom stereocenters. The molecule has 248 valence electrons. The summed E-state index contributed by atoms with van der Waals surface area (Å²) in [6, 6.07) is 19.1. The van der Waals surface area contributed by atoms with Gasteiger partial charge in [0.1, 0.15) is 6.73 Å². The van der Waals surface area contributed by atoms with Gasteiger partial charge in [-0.3, -0.25) is 14.7 Å². The number of piperidine rings is 1. The second-order valence-corrected chi connectivity index (χ2v) is 19.8. The Bertz CT molecular complexity index is 1700. The van der Waals surface area contributed by atoms with Gasteiger partial charge in [-0.15, -0.1) is 0 Å². The average molecular weight is 654 g/mol. The molecule has 2 N–H and O–H groups in total. The Morgan fingerprint density at radius 1 is 1.11 bits per heavy atom. The lowest BCUT2D eigenvalue weighted by Gasteiger charge is -2.40. The summed E-state index contributed by atoms with van der Waals surface area (Å²) < 4.78 is 7.81. The third kappa shape index (κ3) is 8.46. The number of ether oxygens (including phenoxy) is 1. The van der Waals surface area contributed by atoms with E-state index in [-0.39, 0.29) is 24.0 Å². The Morgan fingerprint density at radius 3 is 2.66 bits per heavy atom. The molecule has 10 nitrogen and oxygen atoms in total. The maximum absolute atomic E-state index is 13.4. The van der Waals surface area contributed by atoms with Crippen molar-refractivity contribution in [3.05, 3.63) is 89.4 Å². The summed E-state index contributed by atoms with van der Waals surface area (Å²) in [5.74, 6) is -0.0233. The number of aryl methyl sites for hydroxylation is 1. The van der Waals surface area contributed by atoms with E-state index in [9.17, 15) is 9.59 Å². The summed E-state index contributed by atoms with van der Waals surface area (Å²) >= 11 is 0. The number of carbonyl (C=O) groups is 2. The van der Waals surface area contributed by atoms with Gasteiger partial charge in [0.2, 0.25) is 5.91 Å². The third-order valence-electron chi connectivity index (χ3n) is 9.17. The molecule has 6 rings (SSSR count). The van der Waals surface area contributed by atoms with Crippen LogP contribution in [0.2, 0.25) is 25.7 Å². The van der Waals surface area contributed by atoms with E-state index in [1.54, 1.807) is 6.20 Å². The molecule has 47 heavy (non-hydrogen) atoms. The van der Waals surface area contributed by atoms with E-state index in [4.69, 9.17) is 9.84 Å². The lowest BCUT2D eigenvalue weighted by Crippen LogP contribution is -2.51. The fourth-order valence-corrected chi connectivity index (χ4v) is 7.31. The normalized spacial score (nSPS) is 16.6. The summed E-state index contributed by atoms with van der Waals surface area (Å²) in [6.07, 6.45) is 6.11. The topological polar surface area (TPSA) is 105 Å². The first-order valence-corrected chi connectivity index (χ1v) is 20.4. The molecule has 4 aromatic rings. The molecule has 0 saturated carbocycles. The number of aromatic nitrogens is 3. The Labute approximate surface area is 278 Å². The highest BCUT2D eigenvalue weighted by Gasteiger charge is 2.32. The molecule has 0 spiro atoms. The molecule has 1 atom stereocenters. The minimum Gasteiger partial charge on any atom is -0.360 e. The fraction of sp³-hybridized carbons (Fsp3) is 0.444. The van der Waals surface area contributed by atoms with E-state index in [0.29, 0.717) is 26.2 Å². The van der Waals surface area contributed by atoms with Crippen LogP contribution in [0.5, 0.6) is 0 Å². The van der Waals surface area contributed by atoms with Crippen LogP contribution in [0.4, 0.5) is 10.5 Å². The van der Waals surface area contributed by atoms with Crippen LogP contribution in [0.3, 0.4) is 0 Å². The number of amides is 3. The predicted octanol–water partition coefficient (Wildman–Crippen LogP) is 5.96. The number of likely N-dealkylation sites (tertiary alicyclic amines) is 1. The molecule has 3 amide bonds. The molecular weight excluding hydrogens is 607 g/mol. The van der Waals surface area contributed by atoms with Crippen LogP contribution in [0.25, 0.3) is 10.9 Å². The molecule has 2 aromatic carbocycles. The number of anilines is 1. The van der Waals surface area contributed by atoms with Crippen molar-refractivity contribution in [3.63, 3.8) is 0 Å². The van der Waals surface area contributed by atoms with E-state index in [0.717, 1.165) is 77.6 Å². The number of benzene rings is 2. The summed E-state index contributed by atoms with van der Waals surface area (Å²) in [4.78, 5) is 35.0. The number of nitrogens with one attached hydrogen (secondary N) is 2. The van der Waals surface area contributed by atoms with Crippen molar-refractivity contribution in [1.29, 1.82) is 0 Å². The maximum Gasteiger partial charge on any atom is 0.322 e. The van der Waals surface area contributed by atoms with Crippen molar-refractivity contribution in [2.24, 2.45) is 0 Å². The molecule has 11 heteroatoms. The van der Waals surface area contributed by atoms with E-state index in [1.807, 2.05) is 52.2 Å². The largest absolute Gasteiger partial charge is 0.360 e. The highest BCUT2D eigenvalue weighted by Crippen LogP contribution is 2.28. The first-order valence-electron chi connectivity index (χ1n) is 16.7. The van der Waals surface area contributed by atoms with Gasteiger partial charge >= 0.3 is 6.03 Å².